The van der Waals surface area contributed by atoms with Crippen LogP contribution in [-0.4, -0.2) is 28.3 Å². The van der Waals surface area contributed by atoms with Gasteiger partial charge in [-0.1, -0.05) is 24.3 Å². The minimum absolute atomic E-state index is 0.630. The van der Waals surface area contributed by atoms with E-state index < -0.39 is 0 Å². The second kappa shape index (κ2) is 6.72. The second-order valence-electron chi connectivity index (χ2n) is 5.86. The van der Waals surface area contributed by atoms with Gasteiger partial charge in [-0.05, 0) is 41.5 Å². The molecule has 2 aromatic heterocycles. The molecule has 0 saturated heterocycles. The topological polar surface area (TPSA) is 67.8 Å². The van der Waals surface area contributed by atoms with Gasteiger partial charge in [0.2, 0.25) is 0 Å². The Balaban J connectivity index is 1.87. The molecule has 0 spiro atoms. The molecule has 2 aromatic carbocycles. The molecular weight excluding hydrogens is 324 g/mol. The number of hydrogen-bond donors (Lipinski definition) is 1. The highest BCUT2D eigenvalue weighted by molar-refractivity contribution is 5.94. The van der Waals surface area contributed by atoms with E-state index in [1.807, 2.05) is 55.6 Å². The fraction of sp³-hybridized carbons (Fsp3) is 0.0476. The number of carbonyl (C=O) groups is 1. The number of nitrogens with zero attached hydrogens (tertiary/aromatic N) is 3. The van der Waals surface area contributed by atoms with Crippen molar-refractivity contribution < 1.29 is 4.79 Å². The van der Waals surface area contributed by atoms with E-state index in [1.54, 1.807) is 18.5 Å². The highest BCUT2D eigenvalue weighted by atomic mass is 16.1. The van der Waals surface area contributed by atoms with Crippen molar-refractivity contribution in [2.24, 2.45) is 0 Å². The van der Waals surface area contributed by atoms with E-state index in [2.05, 4.69) is 20.3 Å². The first-order valence-electron chi connectivity index (χ1n) is 8.24. The van der Waals surface area contributed by atoms with Gasteiger partial charge in [-0.25, -0.2) is 9.97 Å². The zero-order chi connectivity index (χ0) is 17.9. The number of fused-ring (bicyclic) bond motifs is 1. The van der Waals surface area contributed by atoms with E-state index in [4.69, 9.17) is 0 Å². The summed E-state index contributed by atoms with van der Waals surface area (Å²) in [7, 11) is 1.84. The number of pyridine rings is 1. The van der Waals surface area contributed by atoms with Crippen LogP contribution in [0.3, 0.4) is 0 Å². The number of rotatable bonds is 4. The number of anilines is 1. The molecule has 0 aliphatic heterocycles. The number of carbonyl (C=O) groups excluding carboxylic acids is 1. The summed E-state index contributed by atoms with van der Waals surface area (Å²) in [4.78, 5) is 24.5. The van der Waals surface area contributed by atoms with Gasteiger partial charge in [0.1, 0.15) is 12.1 Å². The molecule has 0 aliphatic rings. The molecule has 0 bridgehead atoms. The van der Waals surface area contributed by atoms with Crippen molar-refractivity contribution in [3.05, 3.63) is 72.6 Å². The van der Waals surface area contributed by atoms with Crippen molar-refractivity contribution in [2.45, 2.75) is 0 Å². The van der Waals surface area contributed by atoms with Crippen LogP contribution in [-0.2, 0) is 0 Å². The SMILES string of the molecule is CNc1nc(-c2cccnc2)nc2ccc(-c3cccc(C=O)c3)cc12. The van der Waals surface area contributed by atoms with Crippen LogP contribution in [0.2, 0.25) is 0 Å². The van der Waals surface area contributed by atoms with Crippen LogP contribution in [0, 0.1) is 0 Å². The van der Waals surface area contributed by atoms with Crippen LogP contribution >= 0.6 is 0 Å². The molecule has 5 heteroatoms. The molecule has 126 valence electrons. The number of hydrogen-bond acceptors (Lipinski definition) is 5. The molecule has 5 nitrogen and oxygen atoms in total. The molecule has 0 atom stereocenters. The molecule has 0 unspecified atom stereocenters. The van der Waals surface area contributed by atoms with Crippen molar-refractivity contribution >= 4 is 23.0 Å². The van der Waals surface area contributed by atoms with Crippen LogP contribution in [0.5, 0.6) is 0 Å². The van der Waals surface area contributed by atoms with Crippen molar-refractivity contribution in [1.29, 1.82) is 0 Å². The van der Waals surface area contributed by atoms with E-state index in [9.17, 15) is 4.79 Å². The highest BCUT2D eigenvalue weighted by Crippen LogP contribution is 2.29. The Labute approximate surface area is 150 Å². The van der Waals surface area contributed by atoms with Crippen LogP contribution < -0.4 is 5.32 Å². The monoisotopic (exact) mass is 340 g/mol. The minimum Gasteiger partial charge on any atom is -0.373 e. The molecule has 2 heterocycles. The summed E-state index contributed by atoms with van der Waals surface area (Å²) < 4.78 is 0. The first-order valence-corrected chi connectivity index (χ1v) is 8.24. The first-order chi connectivity index (χ1) is 12.8. The van der Waals surface area contributed by atoms with Gasteiger partial charge in [-0.15, -0.1) is 0 Å². The number of nitrogens with one attached hydrogen (secondary N) is 1. The molecule has 0 fully saturated rings. The van der Waals surface area contributed by atoms with Gasteiger partial charge in [0.25, 0.3) is 0 Å². The van der Waals surface area contributed by atoms with Crippen LogP contribution in [0.1, 0.15) is 10.4 Å². The highest BCUT2D eigenvalue weighted by Gasteiger charge is 2.10. The Bertz CT molecular complexity index is 1090. The predicted molar refractivity (Wildman–Crippen MR) is 103 cm³/mol. The summed E-state index contributed by atoms with van der Waals surface area (Å²) in [5, 5.41) is 4.08. The Morgan fingerprint density at radius 1 is 0.923 bits per heavy atom. The zero-order valence-corrected chi connectivity index (χ0v) is 14.2. The molecule has 4 rings (SSSR count). The van der Waals surface area contributed by atoms with Gasteiger partial charge in [0.15, 0.2) is 5.82 Å². The largest absolute Gasteiger partial charge is 0.373 e. The molecule has 4 aromatic rings. The molecule has 0 saturated carbocycles. The molecule has 0 amide bonds. The smallest absolute Gasteiger partial charge is 0.163 e. The summed E-state index contributed by atoms with van der Waals surface area (Å²) in [6, 6.07) is 17.3. The maximum atomic E-state index is 11.0. The third kappa shape index (κ3) is 2.91. The summed E-state index contributed by atoms with van der Waals surface area (Å²) >= 11 is 0. The van der Waals surface area contributed by atoms with Crippen molar-refractivity contribution in [3.63, 3.8) is 0 Å². The Kier molecular flexibility index (Phi) is 4.11. The summed E-state index contributed by atoms with van der Waals surface area (Å²) in [5.41, 5.74) is 4.36. The third-order valence-corrected chi connectivity index (χ3v) is 4.21. The predicted octanol–water partition coefficient (Wildman–Crippen LogP) is 4.21. The van der Waals surface area contributed by atoms with Crippen molar-refractivity contribution in [2.75, 3.05) is 12.4 Å². The Morgan fingerprint density at radius 2 is 1.77 bits per heavy atom. The fourth-order valence-corrected chi connectivity index (χ4v) is 2.91. The van der Waals surface area contributed by atoms with Gasteiger partial charge in [0, 0.05) is 36.0 Å². The number of aromatic nitrogens is 3. The van der Waals surface area contributed by atoms with E-state index >= 15 is 0 Å². The Hall–Kier alpha value is -3.60. The van der Waals surface area contributed by atoms with Crippen LogP contribution in [0.15, 0.2) is 67.0 Å². The van der Waals surface area contributed by atoms with Gasteiger partial charge in [-0.3, -0.25) is 9.78 Å². The molecule has 0 aliphatic carbocycles. The lowest BCUT2D eigenvalue weighted by Gasteiger charge is -2.10. The first kappa shape index (κ1) is 15.9. The lowest BCUT2D eigenvalue weighted by Crippen LogP contribution is -1.99. The third-order valence-electron chi connectivity index (χ3n) is 4.21. The summed E-state index contributed by atoms with van der Waals surface area (Å²) in [5.74, 6) is 1.38. The zero-order valence-electron chi connectivity index (χ0n) is 14.2. The van der Waals surface area contributed by atoms with Crippen LogP contribution in [0.25, 0.3) is 33.4 Å². The summed E-state index contributed by atoms with van der Waals surface area (Å²) in [6.07, 6.45) is 4.33. The van der Waals surface area contributed by atoms with Crippen LogP contribution in [0.4, 0.5) is 5.82 Å². The maximum absolute atomic E-state index is 11.0. The second-order valence-corrected chi connectivity index (χ2v) is 5.86. The molecule has 1 N–H and O–H groups in total. The number of aldehydes is 1. The molecular formula is C21H16N4O. The van der Waals surface area contributed by atoms with E-state index in [0.29, 0.717) is 11.4 Å². The van der Waals surface area contributed by atoms with Crippen molar-refractivity contribution in [3.8, 4) is 22.5 Å². The molecule has 26 heavy (non-hydrogen) atoms. The normalized spacial score (nSPS) is 10.7. The minimum atomic E-state index is 0.630. The standard InChI is InChI=1S/C21H16N4O/c1-22-21-18-11-16(15-5-2-4-14(10-15)13-26)7-8-19(18)24-20(25-21)17-6-3-9-23-12-17/h2-13H,1H3,(H,22,24,25). The van der Waals surface area contributed by atoms with Crippen molar-refractivity contribution in [1.82, 2.24) is 15.0 Å². The van der Waals surface area contributed by atoms with Gasteiger partial charge >= 0.3 is 0 Å². The fourth-order valence-electron chi connectivity index (χ4n) is 2.91. The van der Waals surface area contributed by atoms with E-state index in [1.165, 1.54) is 0 Å². The van der Waals surface area contributed by atoms with Gasteiger partial charge in [-0.2, -0.15) is 0 Å². The maximum Gasteiger partial charge on any atom is 0.163 e. The molecule has 0 radical (unpaired) electrons. The lowest BCUT2D eigenvalue weighted by molar-refractivity contribution is 0.112. The average molecular weight is 340 g/mol. The van der Waals surface area contributed by atoms with Gasteiger partial charge < -0.3 is 5.32 Å². The lowest BCUT2D eigenvalue weighted by atomic mass is 10.0. The average Bonchev–Trinajstić information content (AvgIpc) is 2.73. The van der Waals surface area contributed by atoms with Gasteiger partial charge in [0.05, 0.1) is 5.52 Å². The summed E-state index contributed by atoms with van der Waals surface area (Å²) in [6.45, 7) is 0. The number of benzene rings is 2. The Morgan fingerprint density at radius 3 is 2.54 bits per heavy atom. The van der Waals surface area contributed by atoms with E-state index in [0.717, 1.165) is 39.7 Å². The van der Waals surface area contributed by atoms with E-state index in [-0.39, 0.29) is 0 Å². The quantitative estimate of drug-likeness (QED) is 0.564.